The van der Waals surface area contributed by atoms with E-state index in [2.05, 4.69) is 17.4 Å². The summed E-state index contributed by atoms with van der Waals surface area (Å²) in [6, 6.07) is 24.3. The van der Waals surface area contributed by atoms with E-state index < -0.39 is 18.1 Å². The molecule has 0 spiro atoms. The second-order valence-corrected chi connectivity index (χ2v) is 8.51. The minimum atomic E-state index is -0.921. The highest BCUT2D eigenvalue weighted by atomic mass is 16.5. The zero-order valence-corrected chi connectivity index (χ0v) is 19.5. The topological polar surface area (TPSA) is 95.9 Å². The van der Waals surface area contributed by atoms with Crippen LogP contribution in [0.15, 0.2) is 78.9 Å². The fourth-order valence-corrected chi connectivity index (χ4v) is 4.48. The van der Waals surface area contributed by atoms with Crippen LogP contribution < -0.4 is 10.2 Å². The van der Waals surface area contributed by atoms with E-state index in [1.807, 2.05) is 42.5 Å². The summed E-state index contributed by atoms with van der Waals surface area (Å²) in [5, 5.41) is 11.6. The number of carbonyl (C=O) groups excluding carboxylic acids is 2. The molecule has 3 aromatic carbocycles. The first-order valence-electron chi connectivity index (χ1n) is 11.7. The summed E-state index contributed by atoms with van der Waals surface area (Å²) >= 11 is 0. The van der Waals surface area contributed by atoms with Crippen molar-refractivity contribution in [3.8, 4) is 11.1 Å². The van der Waals surface area contributed by atoms with Gasteiger partial charge in [-0.1, -0.05) is 66.7 Å². The van der Waals surface area contributed by atoms with Crippen LogP contribution in [0.5, 0.6) is 0 Å². The molecule has 0 radical (unpaired) electrons. The summed E-state index contributed by atoms with van der Waals surface area (Å²) in [5.41, 5.74) is 5.14. The van der Waals surface area contributed by atoms with Crippen molar-refractivity contribution in [2.24, 2.45) is 0 Å². The summed E-state index contributed by atoms with van der Waals surface area (Å²) in [4.78, 5) is 38.2. The number of amides is 2. The summed E-state index contributed by atoms with van der Waals surface area (Å²) in [6.45, 7) is 1.98. The zero-order chi connectivity index (χ0) is 24.8. The third-order valence-electron chi connectivity index (χ3n) is 6.15. The lowest BCUT2D eigenvalue weighted by molar-refractivity contribution is -0.137. The van der Waals surface area contributed by atoms with Crippen LogP contribution in [0.25, 0.3) is 11.1 Å². The number of rotatable bonds is 9. The number of aliphatic carboxylic acids is 1. The summed E-state index contributed by atoms with van der Waals surface area (Å²) in [7, 11) is 0. The van der Waals surface area contributed by atoms with Gasteiger partial charge in [-0.25, -0.2) is 4.79 Å². The monoisotopic (exact) mass is 472 g/mol. The molecule has 0 aliphatic heterocycles. The van der Waals surface area contributed by atoms with E-state index in [9.17, 15) is 14.4 Å². The third kappa shape index (κ3) is 5.51. The smallest absolute Gasteiger partial charge is 0.407 e. The third-order valence-corrected chi connectivity index (χ3v) is 6.15. The van der Waals surface area contributed by atoms with E-state index in [0.29, 0.717) is 12.1 Å². The molecule has 1 aliphatic carbocycles. The number of nitrogens with zero attached hydrogens (tertiary/aromatic N) is 1. The van der Waals surface area contributed by atoms with Gasteiger partial charge in [-0.15, -0.1) is 0 Å². The molecule has 180 valence electrons. The summed E-state index contributed by atoms with van der Waals surface area (Å²) in [5.74, 6) is -1.33. The Morgan fingerprint density at radius 1 is 0.914 bits per heavy atom. The van der Waals surface area contributed by atoms with Crippen LogP contribution >= 0.6 is 0 Å². The quantitative estimate of drug-likeness (QED) is 0.466. The van der Waals surface area contributed by atoms with E-state index in [-0.39, 0.29) is 31.4 Å². The van der Waals surface area contributed by atoms with Crippen molar-refractivity contribution in [2.75, 3.05) is 18.1 Å². The number of fused-ring (bicyclic) bond motifs is 3. The second kappa shape index (κ2) is 10.9. The molecule has 1 atom stereocenters. The van der Waals surface area contributed by atoms with Crippen molar-refractivity contribution in [3.05, 3.63) is 90.0 Å². The summed E-state index contributed by atoms with van der Waals surface area (Å²) < 4.78 is 5.56. The van der Waals surface area contributed by atoms with Crippen molar-refractivity contribution < 1.29 is 24.2 Å². The average molecular weight is 473 g/mol. The lowest BCUT2D eigenvalue weighted by Crippen LogP contribution is -2.47. The number of carbonyl (C=O) groups is 3. The zero-order valence-electron chi connectivity index (χ0n) is 19.5. The van der Waals surface area contributed by atoms with E-state index in [0.717, 1.165) is 22.3 Å². The first kappa shape index (κ1) is 24.0. The molecule has 7 heteroatoms. The number of anilines is 1. The largest absolute Gasteiger partial charge is 0.481 e. The molecule has 0 aromatic heterocycles. The summed E-state index contributed by atoms with van der Waals surface area (Å²) in [6.07, 6.45) is -0.426. The molecule has 1 aliphatic rings. The van der Waals surface area contributed by atoms with Crippen LogP contribution in [0.3, 0.4) is 0 Å². The Kier molecular flexibility index (Phi) is 7.45. The normalized spacial score (nSPS) is 12.8. The Morgan fingerprint density at radius 3 is 2.09 bits per heavy atom. The van der Waals surface area contributed by atoms with Crippen molar-refractivity contribution in [1.82, 2.24) is 5.32 Å². The van der Waals surface area contributed by atoms with Gasteiger partial charge in [-0.2, -0.15) is 0 Å². The molecule has 0 heterocycles. The number of para-hydroxylation sites is 1. The molecule has 7 nitrogen and oxygen atoms in total. The van der Waals surface area contributed by atoms with Gasteiger partial charge in [-0.3, -0.25) is 9.59 Å². The first-order chi connectivity index (χ1) is 17.0. The Morgan fingerprint density at radius 2 is 1.49 bits per heavy atom. The van der Waals surface area contributed by atoms with Crippen LogP contribution in [0.4, 0.5) is 10.5 Å². The van der Waals surface area contributed by atoms with Crippen LogP contribution in [0.1, 0.15) is 36.8 Å². The number of hydrogen-bond acceptors (Lipinski definition) is 4. The number of benzene rings is 3. The van der Waals surface area contributed by atoms with E-state index >= 15 is 0 Å². The number of alkyl carbamates (subject to hydrolysis) is 1. The molecule has 0 saturated carbocycles. The first-order valence-corrected chi connectivity index (χ1v) is 11.7. The van der Waals surface area contributed by atoms with Gasteiger partial charge in [0.2, 0.25) is 5.91 Å². The fraction of sp³-hybridized carbons (Fsp3) is 0.250. The molecular weight excluding hydrogens is 444 g/mol. The molecule has 0 saturated heterocycles. The van der Waals surface area contributed by atoms with Crippen molar-refractivity contribution in [3.63, 3.8) is 0 Å². The van der Waals surface area contributed by atoms with E-state index in [1.165, 1.54) is 4.90 Å². The van der Waals surface area contributed by atoms with Crippen LogP contribution in [-0.4, -0.2) is 42.3 Å². The molecule has 0 bridgehead atoms. The molecule has 3 aromatic rings. The molecule has 2 amide bonds. The lowest BCUT2D eigenvalue weighted by Gasteiger charge is -2.26. The second-order valence-electron chi connectivity index (χ2n) is 8.51. The maximum Gasteiger partial charge on any atom is 0.407 e. The van der Waals surface area contributed by atoms with Gasteiger partial charge in [0.15, 0.2) is 0 Å². The van der Waals surface area contributed by atoms with Crippen LogP contribution in [0, 0.1) is 0 Å². The van der Waals surface area contributed by atoms with Gasteiger partial charge in [0.1, 0.15) is 12.6 Å². The predicted octanol–water partition coefficient (Wildman–Crippen LogP) is 4.81. The number of carboxylic acid groups (broad SMARTS) is 1. The average Bonchev–Trinajstić information content (AvgIpc) is 3.19. The van der Waals surface area contributed by atoms with Crippen molar-refractivity contribution in [2.45, 2.75) is 31.7 Å². The number of carboxylic acids is 1. The minimum Gasteiger partial charge on any atom is -0.481 e. The molecule has 4 rings (SSSR count). The number of hydrogen-bond donors (Lipinski definition) is 2. The Labute approximate surface area is 204 Å². The number of nitrogens with one attached hydrogen (secondary N) is 1. The van der Waals surface area contributed by atoms with Crippen molar-refractivity contribution in [1.29, 1.82) is 0 Å². The molecule has 0 fully saturated rings. The fourth-order valence-electron chi connectivity index (χ4n) is 4.48. The van der Waals surface area contributed by atoms with Crippen molar-refractivity contribution >= 4 is 23.7 Å². The number of ether oxygens (including phenoxy) is 1. The Balaban J connectivity index is 1.39. The minimum absolute atomic E-state index is 0.0508. The maximum absolute atomic E-state index is 13.2. The SMILES string of the molecule is C[C@@H](NC(=O)OCC1c2ccccc2-c2ccccc21)C(=O)N(CCCC(=O)O)c1ccccc1. The van der Waals surface area contributed by atoms with Crippen LogP contribution in [-0.2, 0) is 14.3 Å². The Bertz CT molecular complexity index is 1170. The standard InChI is InChI=1S/C28H28N2O5/c1-19(27(33)30(17-9-16-26(31)32)20-10-3-2-4-11-20)29-28(34)35-18-25-23-14-7-5-12-21(23)22-13-6-8-15-24(22)25/h2-8,10-15,19,25H,9,16-18H2,1H3,(H,29,34)(H,31,32)/t19-/m1/s1. The molecular formula is C28H28N2O5. The van der Waals surface area contributed by atoms with Gasteiger partial charge < -0.3 is 20.1 Å². The van der Waals surface area contributed by atoms with Gasteiger partial charge >= 0.3 is 12.1 Å². The molecule has 0 unspecified atom stereocenters. The van der Waals surface area contributed by atoms with Gasteiger partial charge in [-0.05, 0) is 47.7 Å². The highest BCUT2D eigenvalue weighted by Gasteiger charge is 2.30. The van der Waals surface area contributed by atoms with Gasteiger partial charge in [0.05, 0.1) is 0 Å². The Hall–Kier alpha value is -4.13. The van der Waals surface area contributed by atoms with Gasteiger partial charge in [0.25, 0.3) is 0 Å². The van der Waals surface area contributed by atoms with Crippen LogP contribution in [0.2, 0.25) is 0 Å². The molecule has 2 N–H and O–H groups in total. The van der Waals surface area contributed by atoms with E-state index in [1.54, 1.807) is 31.2 Å². The van der Waals surface area contributed by atoms with E-state index in [4.69, 9.17) is 9.84 Å². The lowest BCUT2D eigenvalue weighted by atomic mass is 9.98. The van der Waals surface area contributed by atoms with Gasteiger partial charge in [0, 0.05) is 24.6 Å². The highest BCUT2D eigenvalue weighted by Crippen LogP contribution is 2.44. The predicted molar refractivity (Wildman–Crippen MR) is 133 cm³/mol. The molecule has 35 heavy (non-hydrogen) atoms. The highest BCUT2D eigenvalue weighted by molar-refractivity contribution is 5.98. The maximum atomic E-state index is 13.2.